The zero-order valence-electron chi connectivity index (χ0n) is 18.8. The van der Waals surface area contributed by atoms with Gasteiger partial charge in [-0.2, -0.15) is 0 Å². The summed E-state index contributed by atoms with van der Waals surface area (Å²) in [5.74, 6) is -4.72. The molecule has 34 heavy (non-hydrogen) atoms. The van der Waals surface area contributed by atoms with Gasteiger partial charge in [0.25, 0.3) is 5.92 Å². The van der Waals surface area contributed by atoms with Gasteiger partial charge in [0.1, 0.15) is 0 Å². The van der Waals surface area contributed by atoms with Crippen molar-refractivity contribution >= 4 is 23.3 Å². The van der Waals surface area contributed by atoms with Gasteiger partial charge in [-0.25, -0.2) is 8.78 Å². The lowest BCUT2D eigenvalue weighted by molar-refractivity contribution is -0.136. The molecule has 3 aromatic rings. The lowest BCUT2D eigenvalue weighted by Crippen LogP contribution is -2.31. The highest BCUT2D eigenvalue weighted by molar-refractivity contribution is 6.33. The summed E-state index contributed by atoms with van der Waals surface area (Å²) >= 11 is 6.37. The molecule has 0 saturated heterocycles. The number of aliphatic carboxylic acids is 1. The third kappa shape index (κ3) is 5.76. The average molecular weight is 484 g/mol. The van der Waals surface area contributed by atoms with E-state index in [0.29, 0.717) is 36.5 Å². The zero-order chi connectivity index (χ0) is 24.1. The molecule has 0 aliphatic heterocycles. The molecule has 0 bridgehead atoms. The highest BCUT2D eigenvalue weighted by Crippen LogP contribution is 2.48. The summed E-state index contributed by atoms with van der Waals surface area (Å²) in [5, 5.41) is 12.7. The second-order valence-electron chi connectivity index (χ2n) is 8.94. The van der Waals surface area contributed by atoms with Gasteiger partial charge < -0.3 is 10.4 Å². The second-order valence-corrected chi connectivity index (χ2v) is 9.35. The molecule has 4 rings (SSSR count). The molecule has 178 valence electrons. The van der Waals surface area contributed by atoms with Crippen LogP contribution in [0.4, 0.5) is 14.5 Å². The molecular formula is C28H28ClF2NO2. The van der Waals surface area contributed by atoms with Crippen molar-refractivity contribution in [3.8, 4) is 11.1 Å². The van der Waals surface area contributed by atoms with Gasteiger partial charge in [-0.05, 0) is 53.6 Å². The van der Waals surface area contributed by atoms with E-state index in [0.717, 1.165) is 22.3 Å². The maximum atomic E-state index is 14.8. The molecule has 0 amide bonds. The molecule has 6 heteroatoms. The Kier molecular flexibility index (Phi) is 7.52. The number of carboxylic acids is 1. The molecule has 1 aliphatic rings. The van der Waals surface area contributed by atoms with E-state index in [9.17, 15) is 13.6 Å². The van der Waals surface area contributed by atoms with Crippen LogP contribution in [0.15, 0.2) is 72.8 Å². The molecule has 1 fully saturated rings. The molecule has 0 heterocycles. The summed E-state index contributed by atoms with van der Waals surface area (Å²) in [5.41, 5.74) is 4.47. The van der Waals surface area contributed by atoms with E-state index in [-0.39, 0.29) is 18.8 Å². The fourth-order valence-corrected chi connectivity index (χ4v) is 5.01. The number of benzene rings is 3. The zero-order valence-corrected chi connectivity index (χ0v) is 19.6. The van der Waals surface area contributed by atoms with Gasteiger partial charge in [-0.15, -0.1) is 0 Å². The van der Waals surface area contributed by atoms with Gasteiger partial charge in [0.2, 0.25) is 0 Å². The predicted octanol–water partition coefficient (Wildman–Crippen LogP) is 7.66. The van der Waals surface area contributed by atoms with Crippen molar-refractivity contribution in [2.24, 2.45) is 5.92 Å². The fraction of sp³-hybridized carbons (Fsp3) is 0.321. The van der Waals surface area contributed by atoms with Crippen LogP contribution in [0, 0.1) is 5.92 Å². The van der Waals surface area contributed by atoms with Crippen molar-refractivity contribution < 1.29 is 18.7 Å². The van der Waals surface area contributed by atoms with E-state index in [1.165, 1.54) is 0 Å². The van der Waals surface area contributed by atoms with Gasteiger partial charge in [0.05, 0.1) is 10.7 Å². The first-order valence-corrected chi connectivity index (χ1v) is 12.0. The summed E-state index contributed by atoms with van der Waals surface area (Å²) in [4.78, 5) is 10.9. The molecule has 2 unspecified atom stereocenters. The standard InChI is InChI=1S/C28H28ClF2NO2/c29-25-14-8-19(9-15-27(33)34)17-26(25)32-18-23(24-7-4-16-28(24,30)31)22-12-10-21(11-13-22)20-5-2-1-3-6-20/h1-3,5-6,8,10-14,17,23-24,32H,4,7,9,15-16,18H2,(H,33,34). The number of anilines is 1. The Morgan fingerprint density at radius 3 is 2.41 bits per heavy atom. The largest absolute Gasteiger partial charge is 0.481 e. The molecule has 2 N–H and O–H groups in total. The molecule has 0 spiro atoms. The van der Waals surface area contributed by atoms with Crippen LogP contribution in [-0.2, 0) is 11.2 Å². The summed E-state index contributed by atoms with van der Waals surface area (Å²) < 4.78 is 29.6. The smallest absolute Gasteiger partial charge is 0.303 e. The highest BCUT2D eigenvalue weighted by Gasteiger charge is 2.47. The van der Waals surface area contributed by atoms with Gasteiger partial charge in [-0.1, -0.05) is 72.3 Å². The fourth-order valence-electron chi connectivity index (χ4n) is 4.83. The maximum absolute atomic E-state index is 14.8. The molecule has 1 aliphatic carbocycles. The Morgan fingerprint density at radius 1 is 1.06 bits per heavy atom. The minimum Gasteiger partial charge on any atom is -0.481 e. The summed E-state index contributed by atoms with van der Waals surface area (Å²) in [7, 11) is 0. The molecular weight excluding hydrogens is 456 g/mol. The first-order chi connectivity index (χ1) is 16.3. The van der Waals surface area contributed by atoms with Crippen molar-refractivity contribution in [1.29, 1.82) is 0 Å². The number of carboxylic acid groups (broad SMARTS) is 1. The lowest BCUT2D eigenvalue weighted by Gasteiger charge is -2.30. The van der Waals surface area contributed by atoms with Crippen LogP contribution in [0.3, 0.4) is 0 Å². The SMILES string of the molecule is O=C(O)CCc1ccc(Cl)c(NCC(c2ccc(-c3ccccc3)cc2)C2CCCC2(F)F)c1. The summed E-state index contributed by atoms with van der Waals surface area (Å²) in [6.07, 6.45) is 1.31. The quantitative estimate of drug-likeness (QED) is 0.328. The van der Waals surface area contributed by atoms with Crippen LogP contribution in [0.1, 0.15) is 42.7 Å². The third-order valence-corrected chi connectivity index (χ3v) is 7.00. The molecule has 0 radical (unpaired) electrons. The van der Waals surface area contributed by atoms with Crippen LogP contribution >= 0.6 is 11.6 Å². The number of aryl methyl sites for hydroxylation is 1. The Hall–Kier alpha value is -2.92. The molecule has 1 saturated carbocycles. The first kappa shape index (κ1) is 24.2. The predicted molar refractivity (Wildman–Crippen MR) is 133 cm³/mol. The monoisotopic (exact) mass is 483 g/mol. The van der Waals surface area contributed by atoms with Crippen molar-refractivity contribution in [3.05, 3.63) is 88.9 Å². The minimum absolute atomic E-state index is 0.0196. The summed E-state index contributed by atoms with van der Waals surface area (Å²) in [6.45, 7) is 0.313. The average Bonchev–Trinajstić information content (AvgIpc) is 3.19. The van der Waals surface area contributed by atoms with E-state index in [1.54, 1.807) is 12.1 Å². The topological polar surface area (TPSA) is 49.3 Å². The number of hydrogen-bond acceptors (Lipinski definition) is 2. The van der Waals surface area contributed by atoms with E-state index in [1.807, 2.05) is 60.7 Å². The van der Waals surface area contributed by atoms with Crippen molar-refractivity contribution in [2.75, 3.05) is 11.9 Å². The molecule has 3 aromatic carbocycles. The Morgan fingerprint density at radius 2 is 1.76 bits per heavy atom. The summed E-state index contributed by atoms with van der Waals surface area (Å²) in [6, 6.07) is 23.2. The van der Waals surface area contributed by atoms with Gasteiger partial charge in [0.15, 0.2) is 0 Å². The van der Waals surface area contributed by atoms with E-state index in [2.05, 4.69) is 5.32 Å². The Balaban J connectivity index is 1.57. The van der Waals surface area contributed by atoms with Gasteiger partial charge >= 0.3 is 5.97 Å². The normalized spacial score (nSPS) is 17.9. The first-order valence-electron chi connectivity index (χ1n) is 11.6. The number of hydrogen-bond donors (Lipinski definition) is 2. The van der Waals surface area contributed by atoms with E-state index >= 15 is 0 Å². The van der Waals surface area contributed by atoms with Crippen LogP contribution in [0.25, 0.3) is 11.1 Å². The Labute approximate surface area is 203 Å². The lowest BCUT2D eigenvalue weighted by atomic mass is 9.82. The van der Waals surface area contributed by atoms with Gasteiger partial charge in [-0.3, -0.25) is 4.79 Å². The number of nitrogens with one attached hydrogen (secondary N) is 1. The maximum Gasteiger partial charge on any atom is 0.303 e. The van der Waals surface area contributed by atoms with Crippen LogP contribution < -0.4 is 5.32 Å². The van der Waals surface area contributed by atoms with E-state index < -0.39 is 17.8 Å². The number of halogens is 3. The molecule has 0 aromatic heterocycles. The van der Waals surface area contributed by atoms with Crippen LogP contribution in [0.2, 0.25) is 5.02 Å². The van der Waals surface area contributed by atoms with Crippen molar-refractivity contribution in [3.63, 3.8) is 0 Å². The molecule has 2 atom stereocenters. The van der Waals surface area contributed by atoms with Gasteiger partial charge in [0, 0.05) is 31.2 Å². The highest BCUT2D eigenvalue weighted by atomic mass is 35.5. The third-order valence-electron chi connectivity index (χ3n) is 6.67. The number of alkyl halides is 2. The molecule has 3 nitrogen and oxygen atoms in total. The minimum atomic E-state index is -2.71. The van der Waals surface area contributed by atoms with Crippen molar-refractivity contribution in [2.45, 2.75) is 43.9 Å². The Bertz CT molecular complexity index is 1120. The number of carbonyl (C=O) groups is 1. The van der Waals surface area contributed by atoms with Crippen LogP contribution in [-0.4, -0.2) is 23.5 Å². The van der Waals surface area contributed by atoms with E-state index in [4.69, 9.17) is 16.7 Å². The second kappa shape index (κ2) is 10.6. The van der Waals surface area contributed by atoms with Crippen molar-refractivity contribution in [1.82, 2.24) is 0 Å². The number of rotatable bonds is 9. The van der Waals surface area contributed by atoms with Crippen LogP contribution in [0.5, 0.6) is 0 Å².